The van der Waals surface area contributed by atoms with Crippen LogP contribution in [0.2, 0.25) is 5.02 Å². The molecule has 5 nitrogen and oxygen atoms in total. The van der Waals surface area contributed by atoms with Gasteiger partial charge in [-0.15, -0.1) is 0 Å². The summed E-state index contributed by atoms with van der Waals surface area (Å²) in [5.74, 6) is -1.71. The normalized spacial score (nSPS) is 12.4. The Balaban J connectivity index is 1.85. The van der Waals surface area contributed by atoms with Gasteiger partial charge in [0.25, 0.3) is 0 Å². The van der Waals surface area contributed by atoms with Crippen LogP contribution in [0.5, 0.6) is 0 Å². The number of aromatic nitrogens is 2. The molecule has 2 aromatic carbocycles. The lowest BCUT2D eigenvalue weighted by atomic mass is 10.2. The van der Waals surface area contributed by atoms with Crippen LogP contribution in [0, 0.1) is 11.3 Å². The Morgan fingerprint density at radius 3 is 2.62 bits per heavy atom. The molecule has 0 bridgehead atoms. The van der Waals surface area contributed by atoms with E-state index in [9.17, 15) is 18.0 Å². The number of nitrogens with one attached hydrogen (secondary N) is 1. The molecule has 3 aromatic rings. The molecule has 0 spiro atoms. The van der Waals surface area contributed by atoms with Crippen molar-refractivity contribution in [2.24, 2.45) is 0 Å². The first-order chi connectivity index (χ1) is 13.7. The van der Waals surface area contributed by atoms with Crippen molar-refractivity contribution in [1.29, 1.82) is 5.26 Å². The van der Waals surface area contributed by atoms with Gasteiger partial charge in [-0.1, -0.05) is 41.6 Å². The van der Waals surface area contributed by atoms with E-state index < -0.39 is 23.2 Å². The molecule has 3 rings (SSSR count). The molecule has 148 valence electrons. The number of benzene rings is 2. The Morgan fingerprint density at radius 1 is 1.24 bits per heavy atom. The van der Waals surface area contributed by atoms with E-state index in [1.54, 1.807) is 25.1 Å². The molecule has 29 heavy (non-hydrogen) atoms. The molecule has 0 saturated carbocycles. The number of carbonyl (C=O) groups excluding carboxylic acids is 1. The van der Waals surface area contributed by atoms with Crippen molar-refractivity contribution in [2.75, 3.05) is 5.32 Å². The Morgan fingerprint density at radius 2 is 1.97 bits per heavy atom. The van der Waals surface area contributed by atoms with Gasteiger partial charge in [-0.2, -0.15) is 18.4 Å². The van der Waals surface area contributed by atoms with Gasteiger partial charge in [0.1, 0.15) is 11.1 Å². The molecular formula is C19H12ClF3N4OS. The van der Waals surface area contributed by atoms with Gasteiger partial charge in [0, 0.05) is 11.1 Å². The second-order valence-electron chi connectivity index (χ2n) is 5.92. The largest absolute Gasteiger partial charge is 0.451 e. The fourth-order valence-electron chi connectivity index (χ4n) is 2.41. The molecule has 0 radical (unpaired) electrons. The fraction of sp³-hybridized carbons (Fsp3) is 0.158. The molecule has 0 fully saturated rings. The number of thioether (sulfide) groups is 1. The molecule has 1 unspecified atom stereocenters. The van der Waals surface area contributed by atoms with Crippen molar-refractivity contribution in [3.8, 4) is 6.07 Å². The number of carbonyl (C=O) groups is 1. The number of halogens is 4. The zero-order valence-electron chi connectivity index (χ0n) is 14.8. The van der Waals surface area contributed by atoms with E-state index in [-0.39, 0.29) is 21.1 Å². The van der Waals surface area contributed by atoms with E-state index in [0.717, 1.165) is 11.8 Å². The number of hydrogen-bond acceptors (Lipinski definition) is 5. The summed E-state index contributed by atoms with van der Waals surface area (Å²) in [7, 11) is 0. The van der Waals surface area contributed by atoms with Gasteiger partial charge in [-0.3, -0.25) is 4.79 Å². The SMILES string of the molecule is CC(Sc1nc(C(F)(F)F)nc2ccccc12)C(=O)Nc1ccc(C#N)c(Cl)c1. The summed E-state index contributed by atoms with van der Waals surface area (Å²) in [6.07, 6.45) is -4.70. The lowest BCUT2D eigenvalue weighted by Gasteiger charge is -2.14. The number of alkyl halides is 3. The molecule has 10 heteroatoms. The maximum Gasteiger partial charge on any atom is 0.451 e. The van der Waals surface area contributed by atoms with Crippen LogP contribution in [0.4, 0.5) is 18.9 Å². The number of amides is 1. The topological polar surface area (TPSA) is 78.7 Å². The molecule has 0 aliphatic heterocycles. The van der Waals surface area contributed by atoms with E-state index in [4.69, 9.17) is 16.9 Å². The van der Waals surface area contributed by atoms with Crippen molar-refractivity contribution >= 4 is 45.9 Å². The Labute approximate surface area is 172 Å². The summed E-state index contributed by atoms with van der Waals surface area (Å²) in [6.45, 7) is 1.55. The van der Waals surface area contributed by atoms with Crippen molar-refractivity contribution in [2.45, 2.75) is 23.4 Å². The van der Waals surface area contributed by atoms with E-state index in [2.05, 4.69) is 15.3 Å². The molecule has 0 aliphatic carbocycles. The summed E-state index contributed by atoms with van der Waals surface area (Å²) < 4.78 is 39.4. The summed E-state index contributed by atoms with van der Waals surface area (Å²) in [6, 6.07) is 12.6. The smallest absolute Gasteiger partial charge is 0.325 e. The van der Waals surface area contributed by atoms with Crippen LogP contribution in [0.1, 0.15) is 18.3 Å². The van der Waals surface area contributed by atoms with E-state index >= 15 is 0 Å². The maximum atomic E-state index is 13.1. The van der Waals surface area contributed by atoms with Gasteiger partial charge in [0.05, 0.1) is 21.4 Å². The number of rotatable bonds is 4. The number of hydrogen-bond donors (Lipinski definition) is 1. The number of nitrogens with zero attached hydrogens (tertiary/aromatic N) is 3. The standard InChI is InChI=1S/C19H12ClF3N4OS/c1-10(16(28)25-12-7-6-11(9-24)14(20)8-12)29-17-13-4-2-3-5-15(13)26-18(27-17)19(21,22)23/h2-8,10H,1H3,(H,25,28). The van der Waals surface area contributed by atoms with Crippen LogP contribution < -0.4 is 5.32 Å². The predicted octanol–water partition coefficient (Wildman–Crippen LogP) is 5.29. The first kappa shape index (κ1) is 20.9. The molecule has 0 saturated heterocycles. The van der Waals surface area contributed by atoms with E-state index in [0.29, 0.717) is 11.1 Å². The monoisotopic (exact) mass is 436 g/mol. The average molecular weight is 437 g/mol. The molecule has 1 heterocycles. The van der Waals surface area contributed by atoms with Crippen LogP contribution in [0.3, 0.4) is 0 Å². The Bertz CT molecular complexity index is 1130. The lowest BCUT2D eigenvalue weighted by Crippen LogP contribution is -2.23. The minimum Gasteiger partial charge on any atom is -0.325 e. The minimum absolute atomic E-state index is 0.0587. The van der Waals surface area contributed by atoms with Gasteiger partial charge in [-0.25, -0.2) is 9.97 Å². The van der Waals surface area contributed by atoms with Crippen LogP contribution in [0.15, 0.2) is 47.5 Å². The van der Waals surface area contributed by atoms with E-state index in [1.165, 1.54) is 24.3 Å². The summed E-state index contributed by atoms with van der Waals surface area (Å²) in [5.41, 5.74) is 0.776. The van der Waals surface area contributed by atoms with E-state index in [1.807, 2.05) is 6.07 Å². The minimum atomic E-state index is -4.70. The summed E-state index contributed by atoms with van der Waals surface area (Å²) in [5, 5.41) is 11.4. The van der Waals surface area contributed by atoms with Crippen molar-refractivity contribution in [1.82, 2.24) is 9.97 Å². The molecule has 1 atom stereocenters. The zero-order valence-corrected chi connectivity index (χ0v) is 16.4. The van der Waals surface area contributed by atoms with Crippen LogP contribution in [0.25, 0.3) is 10.9 Å². The predicted molar refractivity (Wildman–Crippen MR) is 105 cm³/mol. The number of fused-ring (bicyclic) bond motifs is 1. The van der Waals surface area contributed by atoms with Gasteiger partial charge in [-0.05, 0) is 31.2 Å². The van der Waals surface area contributed by atoms with Gasteiger partial charge in [0.2, 0.25) is 11.7 Å². The third-order valence-electron chi connectivity index (χ3n) is 3.84. The van der Waals surface area contributed by atoms with Crippen molar-refractivity contribution in [3.05, 3.63) is 58.9 Å². The first-order valence-electron chi connectivity index (χ1n) is 8.20. The summed E-state index contributed by atoms with van der Waals surface area (Å²) >= 11 is 6.84. The lowest BCUT2D eigenvalue weighted by molar-refractivity contribution is -0.145. The average Bonchev–Trinajstić information content (AvgIpc) is 2.67. The third kappa shape index (κ3) is 4.78. The Kier molecular flexibility index (Phi) is 5.96. The zero-order chi connectivity index (χ0) is 21.2. The highest BCUT2D eigenvalue weighted by atomic mass is 35.5. The van der Waals surface area contributed by atoms with Crippen molar-refractivity contribution < 1.29 is 18.0 Å². The Hall–Kier alpha value is -2.83. The molecule has 0 aliphatic rings. The molecule has 1 aromatic heterocycles. The molecule has 1 amide bonds. The highest BCUT2D eigenvalue weighted by Gasteiger charge is 2.36. The second-order valence-corrected chi connectivity index (χ2v) is 7.66. The van der Waals surface area contributed by atoms with Crippen LogP contribution in [-0.4, -0.2) is 21.1 Å². The third-order valence-corrected chi connectivity index (χ3v) is 5.25. The second kappa shape index (κ2) is 8.27. The number of nitriles is 1. The van der Waals surface area contributed by atoms with Crippen LogP contribution in [-0.2, 0) is 11.0 Å². The quantitative estimate of drug-likeness (QED) is 0.444. The maximum absolute atomic E-state index is 13.1. The van der Waals surface area contributed by atoms with Crippen molar-refractivity contribution in [3.63, 3.8) is 0 Å². The highest BCUT2D eigenvalue weighted by molar-refractivity contribution is 8.00. The first-order valence-corrected chi connectivity index (χ1v) is 9.46. The van der Waals surface area contributed by atoms with Gasteiger partial charge >= 0.3 is 6.18 Å². The van der Waals surface area contributed by atoms with Gasteiger partial charge in [0.15, 0.2) is 0 Å². The van der Waals surface area contributed by atoms with Crippen LogP contribution >= 0.6 is 23.4 Å². The molecule has 1 N–H and O–H groups in total. The number of anilines is 1. The fourth-order valence-corrected chi connectivity index (χ4v) is 3.57. The highest BCUT2D eigenvalue weighted by Crippen LogP contribution is 2.34. The summed E-state index contributed by atoms with van der Waals surface area (Å²) in [4.78, 5) is 19.7. The molecular weight excluding hydrogens is 425 g/mol. The number of para-hydroxylation sites is 1. The van der Waals surface area contributed by atoms with Gasteiger partial charge < -0.3 is 5.32 Å².